The fraction of sp³-hybridized carbons (Fsp3) is 0.308. The Balaban J connectivity index is 1.70. The van der Waals surface area contributed by atoms with E-state index in [1.165, 1.54) is 16.5 Å². The minimum absolute atomic E-state index is 0.403. The maximum absolute atomic E-state index is 6.27. The molecule has 0 radical (unpaired) electrons. The van der Waals surface area contributed by atoms with Gasteiger partial charge in [0.15, 0.2) is 0 Å². The molecule has 4 rings (SSSR count). The highest BCUT2D eigenvalue weighted by Crippen LogP contribution is 2.41. The number of rotatable bonds is 6. The molecule has 0 fully saturated rings. The summed E-state index contributed by atoms with van der Waals surface area (Å²) in [5.74, 6) is 2.56. The third-order valence-electron chi connectivity index (χ3n) is 5.27. The largest absolute Gasteiger partial charge is 0.497 e. The van der Waals surface area contributed by atoms with Crippen molar-refractivity contribution in [1.29, 1.82) is 0 Å². The normalized spacial score (nSPS) is 14.8. The number of ether oxygens (including phenoxy) is 3. The maximum atomic E-state index is 6.27. The summed E-state index contributed by atoms with van der Waals surface area (Å²) in [4.78, 5) is 2.11. The summed E-state index contributed by atoms with van der Waals surface area (Å²) < 4.78 is 17.5. The van der Waals surface area contributed by atoms with E-state index in [9.17, 15) is 0 Å². The van der Waals surface area contributed by atoms with Crippen LogP contribution in [0, 0.1) is 0 Å². The van der Waals surface area contributed by atoms with Gasteiger partial charge >= 0.3 is 0 Å². The Kier molecular flexibility index (Phi) is 5.44. The van der Waals surface area contributed by atoms with Crippen molar-refractivity contribution in [2.45, 2.75) is 19.4 Å². The first-order valence-electron chi connectivity index (χ1n) is 10.3. The Hall–Kier alpha value is -2.98. The van der Waals surface area contributed by atoms with Gasteiger partial charge in [0.1, 0.15) is 29.5 Å². The number of fused-ring (bicyclic) bond motifs is 2. The van der Waals surface area contributed by atoms with Crippen molar-refractivity contribution >= 4 is 16.3 Å². The van der Waals surface area contributed by atoms with Crippen molar-refractivity contribution in [2.24, 2.45) is 0 Å². The highest BCUT2D eigenvalue weighted by molar-refractivity contribution is 5.92. The van der Waals surface area contributed by atoms with Crippen LogP contribution in [0.4, 0.5) is 0 Å². The van der Waals surface area contributed by atoms with Gasteiger partial charge in [-0.3, -0.25) is 0 Å². The number of hydrogen-bond donors (Lipinski definition) is 0. The highest BCUT2D eigenvalue weighted by atomic mass is 16.5. The quantitative estimate of drug-likeness (QED) is 0.552. The van der Waals surface area contributed by atoms with Crippen molar-refractivity contribution in [3.8, 4) is 17.2 Å². The fourth-order valence-electron chi connectivity index (χ4n) is 3.74. The van der Waals surface area contributed by atoms with Gasteiger partial charge in [0.2, 0.25) is 0 Å². The maximum Gasteiger partial charge on any atom is 0.132 e. The zero-order valence-corrected chi connectivity index (χ0v) is 18.4. The van der Waals surface area contributed by atoms with Gasteiger partial charge < -0.3 is 19.1 Å². The first kappa shape index (κ1) is 20.3. The second-order valence-corrected chi connectivity index (χ2v) is 8.50. The summed E-state index contributed by atoms with van der Waals surface area (Å²) in [6, 6.07) is 18.8. The molecule has 1 aliphatic heterocycles. The molecule has 3 aromatic rings. The van der Waals surface area contributed by atoms with E-state index in [4.69, 9.17) is 14.2 Å². The molecule has 30 heavy (non-hydrogen) atoms. The average Bonchev–Trinajstić information content (AvgIpc) is 2.71. The van der Waals surface area contributed by atoms with Crippen LogP contribution in [0.1, 0.15) is 25.0 Å². The molecule has 1 heterocycles. The van der Waals surface area contributed by atoms with E-state index >= 15 is 0 Å². The Labute approximate surface area is 178 Å². The van der Waals surface area contributed by atoms with Gasteiger partial charge in [0.25, 0.3) is 0 Å². The topological polar surface area (TPSA) is 30.9 Å². The molecule has 0 aromatic heterocycles. The van der Waals surface area contributed by atoms with Gasteiger partial charge in [-0.25, -0.2) is 0 Å². The highest BCUT2D eigenvalue weighted by Gasteiger charge is 2.27. The lowest BCUT2D eigenvalue weighted by Crippen LogP contribution is -2.29. The van der Waals surface area contributed by atoms with E-state index in [1.54, 1.807) is 7.11 Å². The third-order valence-corrected chi connectivity index (χ3v) is 5.27. The number of methoxy groups -OCH3 is 1. The van der Waals surface area contributed by atoms with Crippen molar-refractivity contribution in [3.63, 3.8) is 0 Å². The van der Waals surface area contributed by atoms with Crippen LogP contribution in [0.2, 0.25) is 0 Å². The summed E-state index contributed by atoms with van der Waals surface area (Å²) in [5, 5.41) is 2.35. The van der Waals surface area contributed by atoms with E-state index in [2.05, 4.69) is 61.2 Å². The zero-order chi connectivity index (χ0) is 21.3. The summed E-state index contributed by atoms with van der Waals surface area (Å²) in [5.41, 5.74) is 3.03. The van der Waals surface area contributed by atoms with Crippen LogP contribution in [0.25, 0.3) is 16.3 Å². The summed E-state index contributed by atoms with van der Waals surface area (Å²) in [6.07, 6.45) is 2.20. The summed E-state index contributed by atoms with van der Waals surface area (Å²) in [7, 11) is 5.77. The average molecular weight is 404 g/mol. The zero-order valence-electron chi connectivity index (χ0n) is 18.4. The van der Waals surface area contributed by atoms with Crippen LogP contribution in [0.15, 0.2) is 60.7 Å². The van der Waals surface area contributed by atoms with Gasteiger partial charge in [-0.15, -0.1) is 0 Å². The second kappa shape index (κ2) is 8.04. The van der Waals surface area contributed by atoms with E-state index in [0.29, 0.717) is 6.61 Å². The molecule has 3 aromatic carbocycles. The van der Waals surface area contributed by atoms with Crippen molar-refractivity contribution < 1.29 is 14.2 Å². The van der Waals surface area contributed by atoms with Crippen LogP contribution in [0.5, 0.6) is 17.2 Å². The lowest BCUT2D eigenvalue weighted by Gasteiger charge is -2.31. The molecule has 0 N–H and O–H groups in total. The molecule has 4 heteroatoms. The molecular weight excluding hydrogens is 374 g/mol. The smallest absolute Gasteiger partial charge is 0.132 e. The molecule has 0 spiro atoms. The Bertz CT molecular complexity index is 1100. The third kappa shape index (κ3) is 4.29. The number of likely N-dealkylation sites (N-methyl/N-ethyl adjacent to an activating group) is 1. The number of nitrogens with zero attached hydrogens (tertiary/aromatic N) is 1. The lowest BCUT2D eigenvalue weighted by molar-refractivity contribution is 0.157. The molecule has 0 atom stereocenters. The summed E-state index contributed by atoms with van der Waals surface area (Å²) in [6.45, 7) is 5.69. The first-order valence-corrected chi connectivity index (χ1v) is 10.3. The monoisotopic (exact) mass is 403 g/mol. The second-order valence-electron chi connectivity index (χ2n) is 8.50. The van der Waals surface area contributed by atoms with E-state index in [-0.39, 0.29) is 0 Å². The molecule has 1 aliphatic rings. The molecule has 0 amide bonds. The predicted octanol–water partition coefficient (Wildman–Crippen LogP) is 5.39. The Morgan fingerprint density at radius 3 is 2.40 bits per heavy atom. The lowest BCUT2D eigenvalue weighted by atomic mass is 9.89. The molecule has 156 valence electrons. The van der Waals surface area contributed by atoms with Crippen LogP contribution < -0.4 is 14.2 Å². The predicted molar refractivity (Wildman–Crippen MR) is 123 cm³/mol. The van der Waals surface area contributed by atoms with E-state index < -0.39 is 5.60 Å². The van der Waals surface area contributed by atoms with Crippen molar-refractivity contribution in [2.75, 3.05) is 34.4 Å². The van der Waals surface area contributed by atoms with Crippen LogP contribution >= 0.6 is 0 Å². The van der Waals surface area contributed by atoms with Crippen molar-refractivity contribution in [3.05, 3.63) is 71.8 Å². The van der Waals surface area contributed by atoms with Crippen LogP contribution in [-0.4, -0.2) is 44.9 Å². The molecular formula is C26H29NO3. The number of hydrogen-bond acceptors (Lipinski definition) is 4. The SMILES string of the molecule is COc1ccc2cc(C3=CC(C)(C)Oc4cc(OCCN(C)C)ccc43)ccc2c1. The van der Waals surface area contributed by atoms with Crippen LogP contribution in [0.3, 0.4) is 0 Å². The fourth-order valence-corrected chi connectivity index (χ4v) is 3.74. The number of benzene rings is 3. The summed E-state index contributed by atoms with van der Waals surface area (Å²) >= 11 is 0. The molecule has 4 nitrogen and oxygen atoms in total. The molecule has 0 saturated heterocycles. The molecule has 0 bridgehead atoms. The van der Waals surface area contributed by atoms with Gasteiger partial charge in [0.05, 0.1) is 7.11 Å². The first-order chi connectivity index (χ1) is 14.3. The molecule has 0 unspecified atom stereocenters. The Morgan fingerprint density at radius 1 is 0.900 bits per heavy atom. The van der Waals surface area contributed by atoms with E-state index in [0.717, 1.165) is 34.7 Å². The minimum atomic E-state index is -0.403. The van der Waals surface area contributed by atoms with E-state index in [1.807, 2.05) is 32.3 Å². The molecule has 0 saturated carbocycles. The van der Waals surface area contributed by atoms with Gasteiger partial charge in [0, 0.05) is 18.2 Å². The Morgan fingerprint density at radius 2 is 1.63 bits per heavy atom. The minimum Gasteiger partial charge on any atom is -0.497 e. The molecule has 0 aliphatic carbocycles. The van der Waals surface area contributed by atoms with Gasteiger partial charge in [-0.2, -0.15) is 0 Å². The van der Waals surface area contributed by atoms with Crippen LogP contribution in [-0.2, 0) is 0 Å². The van der Waals surface area contributed by atoms with Gasteiger partial charge in [-0.05, 0) is 86.3 Å². The van der Waals surface area contributed by atoms with Crippen molar-refractivity contribution in [1.82, 2.24) is 4.90 Å². The standard InChI is InChI=1S/C26H29NO3/c1-26(2)17-24(20-7-6-19-15-21(28-5)9-8-18(19)14-20)23-11-10-22(16-25(23)30-26)29-13-12-27(3)4/h6-11,14-17H,12-13H2,1-5H3. The van der Waals surface area contributed by atoms with Gasteiger partial charge in [-0.1, -0.05) is 18.2 Å².